The molecule has 0 aliphatic carbocycles. The third-order valence-electron chi connectivity index (χ3n) is 3.07. The van der Waals surface area contributed by atoms with Crippen LogP contribution in [0.1, 0.15) is 38.5 Å². The van der Waals surface area contributed by atoms with Gasteiger partial charge in [-0.05, 0) is 23.8 Å². The van der Waals surface area contributed by atoms with Gasteiger partial charge in [-0.15, -0.1) is 0 Å². The van der Waals surface area contributed by atoms with Gasteiger partial charge in [-0.1, -0.05) is 48.3 Å². The van der Waals surface area contributed by atoms with Crippen molar-refractivity contribution in [3.8, 4) is 0 Å². The Morgan fingerprint density at radius 1 is 0.867 bits per heavy atom. The molecule has 3 heteroatoms. The fraction of sp³-hybridized carbons (Fsp3) is 1.00. The number of rotatable bonds is 8. The molecule has 0 bridgehead atoms. The van der Waals surface area contributed by atoms with Crippen LogP contribution in [0.15, 0.2) is 0 Å². The summed E-state index contributed by atoms with van der Waals surface area (Å²) < 4.78 is 1.33. The molecule has 0 atom stereocenters. The lowest BCUT2D eigenvalue weighted by Crippen LogP contribution is -2.43. The second kappa shape index (κ2) is 9.85. The lowest BCUT2D eigenvalue weighted by Gasteiger charge is -2.26. The van der Waals surface area contributed by atoms with E-state index in [1.165, 1.54) is 75.7 Å². The van der Waals surface area contributed by atoms with Gasteiger partial charge >= 0.3 is 0 Å². The van der Waals surface area contributed by atoms with Gasteiger partial charge in [-0.3, -0.25) is 0 Å². The minimum atomic E-state index is 1.19. The molecule has 0 unspecified atom stereocenters. The molecule has 1 aliphatic heterocycles. The van der Waals surface area contributed by atoms with Crippen molar-refractivity contribution in [2.45, 2.75) is 38.5 Å². The lowest BCUT2D eigenvalue weighted by molar-refractivity contribution is 0.236. The van der Waals surface area contributed by atoms with E-state index in [0.717, 1.165) is 0 Å². The molecule has 0 spiro atoms. The van der Waals surface area contributed by atoms with Crippen LogP contribution in [0.4, 0.5) is 0 Å². The SMILES string of the molecule is ICCCCCCCCN1CCNCC1. The number of alkyl halides is 1. The van der Waals surface area contributed by atoms with Crippen LogP contribution in [-0.4, -0.2) is 42.1 Å². The normalized spacial score (nSPS) is 18.2. The molecule has 1 N–H and O–H groups in total. The zero-order valence-corrected chi connectivity index (χ0v) is 12.0. The topological polar surface area (TPSA) is 15.3 Å². The van der Waals surface area contributed by atoms with E-state index in [0.29, 0.717) is 0 Å². The molecule has 0 saturated carbocycles. The van der Waals surface area contributed by atoms with E-state index in [4.69, 9.17) is 0 Å². The minimum Gasteiger partial charge on any atom is -0.314 e. The molecule has 1 fully saturated rings. The van der Waals surface area contributed by atoms with Gasteiger partial charge in [-0.25, -0.2) is 0 Å². The predicted molar refractivity (Wildman–Crippen MR) is 75.9 cm³/mol. The average Bonchev–Trinajstić information content (AvgIpc) is 2.29. The summed E-state index contributed by atoms with van der Waals surface area (Å²) in [5.41, 5.74) is 0. The fourth-order valence-electron chi connectivity index (χ4n) is 2.07. The third-order valence-corrected chi connectivity index (χ3v) is 3.83. The molecule has 0 amide bonds. The summed E-state index contributed by atoms with van der Waals surface area (Å²) in [6.45, 7) is 6.23. The average molecular weight is 324 g/mol. The zero-order chi connectivity index (χ0) is 10.8. The van der Waals surface area contributed by atoms with Gasteiger partial charge in [-0.2, -0.15) is 0 Å². The summed E-state index contributed by atoms with van der Waals surface area (Å²) in [5.74, 6) is 0. The van der Waals surface area contributed by atoms with Crippen LogP contribution in [0, 0.1) is 0 Å². The van der Waals surface area contributed by atoms with Gasteiger partial charge in [0, 0.05) is 26.2 Å². The minimum absolute atomic E-state index is 1.19. The van der Waals surface area contributed by atoms with Crippen LogP contribution in [0.5, 0.6) is 0 Å². The first kappa shape index (κ1) is 13.7. The molecule has 0 aromatic rings. The Labute approximate surface area is 108 Å². The van der Waals surface area contributed by atoms with Gasteiger partial charge in [0.1, 0.15) is 0 Å². The van der Waals surface area contributed by atoms with E-state index in [1.807, 2.05) is 0 Å². The van der Waals surface area contributed by atoms with Gasteiger partial charge in [0.15, 0.2) is 0 Å². The standard InChI is InChI=1S/C12H25IN2/c13-7-5-3-1-2-4-6-10-15-11-8-14-9-12-15/h14H,1-12H2. The van der Waals surface area contributed by atoms with Crippen molar-refractivity contribution in [1.82, 2.24) is 10.2 Å². The Morgan fingerprint density at radius 2 is 1.47 bits per heavy atom. The molecule has 1 rings (SSSR count). The quantitative estimate of drug-likeness (QED) is 0.420. The van der Waals surface area contributed by atoms with Crippen LogP contribution in [0.2, 0.25) is 0 Å². The summed E-state index contributed by atoms with van der Waals surface area (Å²) in [5, 5.41) is 3.40. The van der Waals surface area contributed by atoms with Crippen molar-refractivity contribution < 1.29 is 0 Å². The smallest absolute Gasteiger partial charge is 0.0107 e. The highest BCUT2D eigenvalue weighted by Crippen LogP contribution is 2.07. The molecule has 1 aliphatic rings. The van der Waals surface area contributed by atoms with Gasteiger partial charge < -0.3 is 10.2 Å². The van der Waals surface area contributed by atoms with Crippen LogP contribution in [-0.2, 0) is 0 Å². The second-order valence-electron chi connectivity index (χ2n) is 4.40. The first-order valence-electron chi connectivity index (χ1n) is 6.42. The van der Waals surface area contributed by atoms with Gasteiger partial charge in [0.05, 0.1) is 0 Å². The number of piperazine rings is 1. The van der Waals surface area contributed by atoms with E-state index < -0.39 is 0 Å². The van der Waals surface area contributed by atoms with Crippen molar-refractivity contribution in [2.24, 2.45) is 0 Å². The Morgan fingerprint density at radius 3 is 2.13 bits per heavy atom. The molecule has 1 saturated heterocycles. The van der Waals surface area contributed by atoms with E-state index in [-0.39, 0.29) is 0 Å². The molecule has 15 heavy (non-hydrogen) atoms. The molecular formula is C12H25IN2. The monoisotopic (exact) mass is 324 g/mol. The van der Waals surface area contributed by atoms with E-state index >= 15 is 0 Å². The summed E-state index contributed by atoms with van der Waals surface area (Å²) in [7, 11) is 0. The van der Waals surface area contributed by atoms with E-state index in [9.17, 15) is 0 Å². The third kappa shape index (κ3) is 7.53. The summed E-state index contributed by atoms with van der Waals surface area (Å²) in [6, 6.07) is 0. The maximum atomic E-state index is 3.40. The van der Waals surface area contributed by atoms with Crippen LogP contribution in [0.3, 0.4) is 0 Å². The molecule has 1 heterocycles. The fourth-order valence-corrected chi connectivity index (χ4v) is 2.61. The largest absolute Gasteiger partial charge is 0.314 e. The molecule has 2 nitrogen and oxygen atoms in total. The van der Waals surface area contributed by atoms with Crippen molar-refractivity contribution in [3.63, 3.8) is 0 Å². The van der Waals surface area contributed by atoms with Gasteiger partial charge in [0.25, 0.3) is 0 Å². The molecule has 90 valence electrons. The molecule has 0 radical (unpaired) electrons. The Hall–Kier alpha value is 0.650. The number of nitrogens with zero attached hydrogens (tertiary/aromatic N) is 1. The highest BCUT2D eigenvalue weighted by Gasteiger charge is 2.07. The van der Waals surface area contributed by atoms with Gasteiger partial charge in [0.2, 0.25) is 0 Å². The maximum absolute atomic E-state index is 3.40. The predicted octanol–water partition coefficient (Wildman–Crippen LogP) is 2.67. The lowest BCUT2D eigenvalue weighted by atomic mass is 10.1. The Bertz CT molecular complexity index is 136. The van der Waals surface area contributed by atoms with Crippen molar-refractivity contribution in [3.05, 3.63) is 0 Å². The first-order chi connectivity index (χ1) is 7.43. The number of nitrogens with one attached hydrogen (secondary N) is 1. The second-order valence-corrected chi connectivity index (χ2v) is 5.48. The highest BCUT2D eigenvalue weighted by atomic mass is 127. The van der Waals surface area contributed by atoms with Crippen LogP contribution in [0.25, 0.3) is 0 Å². The molecular weight excluding hydrogens is 299 g/mol. The summed E-state index contributed by atoms with van der Waals surface area (Å²) >= 11 is 2.47. The Balaban J connectivity index is 1.79. The number of unbranched alkanes of at least 4 members (excludes halogenated alkanes) is 5. The van der Waals surface area contributed by atoms with E-state index in [2.05, 4.69) is 32.8 Å². The maximum Gasteiger partial charge on any atom is 0.0107 e. The van der Waals surface area contributed by atoms with Crippen LogP contribution >= 0.6 is 22.6 Å². The van der Waals surface area contributed by atoms with E-state index in [1.54, 1.807) is 0 Å². The van der Waals surface area contributed by atoms with Crippen molar-refractivity contribution in [1.29, 1.82) is 0 Å². The van der Waals surface area contributed by atoms with Crippen LogP contribution < -0.4 is 5.32 Å². The summed E-state index contributed by atoms with van der Waals surface area (Å²) in [4.78, 5) is 2.60. The molecule has 0 aromatic heterocycles. The Kier molecular flexibility index (Phi) is 9.00. The van der Waals surface area contributed by atoms with Crippen molar-refractivity contribution in [2.75, 3.05) is 37.2 Å². The first-order valence-corrected chi connectivity index (χ1v) is 7.95. The number of hydrogen-bond acceptors (Lipinski definition) is 2. The highest BCUT2D eigenvalue weighted by molar-refractivity contribution is 14.1. The molecule has 0 aromatic carbocycles. The number of hydrogen-bond donors (Lipinski definition) is 1. The summed E-state index contributed by atoms with van der Waals surface area (Å²) in [6.07, 6.45) is 8.59. The number of halogens is 1. The zero-order valence-electron chi connectivity index (χ0n) is 9.81. The van der Waals surface area contributed by atoms with Crippen molar-refractivity contribution >= 4 is 22.6 Å².